The van der Waals surface area contributed by atoms with E-state index in [0.29, 0.717) is 5.15 Å². The van der Waals surface area contributed by atoms with Crippen molar-refractivity contribution in [1.29, 1.82) is 0 Å². The number of hydrogen-bond acceptors (Lipinski definition) is 3. The van der Waals surface area contributed by atoms with E-state index >= 15 is 0 Å². The number of aryl methyl sites for hydroxylation is 1. The second kappa shape index (κ2) is 15.7. The van der Waals surface area contributed by atoms with Crippen molar-refractivity contribution >= 4 is 22.8 Å². The minimum absolute atomic E-state index is 0.446. The molecule has 4 rings (SSSR count). The summed E-state index contributed by atoms with van der Waals surface area (Å²) in [4.78, 5) is 4.86. The zero-order chi connectivity index (χ0) is 28.9. The molecule has 0 spiro atoms. The highest BCUT2D eigenvalue weighted by Gasteiger charge is 2.23. The minimum Gasteiger partial charge on any atom is -0.497 e. The van der Waals surface area contributed by atoms with Gasteiger partial charge in [0.2, 0.25) is 0 Å². The first kappa shape index (κ1) is 31.6. The summed E-state index contributed by atoms with van der Waals surface area (Å²) in [7, 11) is 1.66. The summed E-state index contributed by atoms with van der Waals surface area (Å²) in [5.41, 5.74) is 8.60. The molecule has 0 aliphatic rings. The molecule has 4 nitrogen and oxygen atoms in total. The number of methoxy groups -OCH3 is 1. The van der Waals surface area contributed by atoms with Crippen molar-refractivity contribution in [2.75, 3.05) is 7.11 Å². The highest BCUT2D eigenvalue weighted by molar-refractivity contribution is 6.32. The Morgan fingerprint density at radius 1 is 0.923 bits per heavy atom. The number of fused-ring (bicyclic) bond motifs is 1. The largest absolute Gasteiger partial charge is 0.497 e. The number of rotatable bonds is 6. The Balaban J connectivity index is 0.000000998. The van der Waals surface area contributed by atoms with Gasteiger partial charge in [0, 0.05) is 11.1 Å². The molecule has 39 heavy (non-hydrogen) atoms. The molecule has 0 unspecified atom stereocenters. The van der Waals surface area contributed by atoms with Crippen LogP contribution in [-0.2, 0) is 0 Å². The van der Waals surface area contributed by atoms with Crippen molar-refractivity contribution in [2.45, 2.75) is 61.8 Å². The lowest BCUT2D eigenvalue weighted by molar-refractivity contribution is 0.415. The zero-order valence-corrected chi connectivity index (χ0v) is 25.6. The topological polar surface area (TPSA) is 39.4 Å². The molecule has 0 amide bonds. The summed E-state index contributed by atoms with van der Waals surface area (Å²) in [5.74, 6) is 0.792. The third-order valence-electron chi connectivity index (χ3n) is 5.75. The van der Waals surface area contributed by atoms with Gasteiger partial charge in [-0.05, 0) is 51.0 Å². The van der Waals surface area contributed by atoms with Crippen molar-refractivity contribution in [2.24, 2.45) is 0 Å². The predicted molar refractivity (Wildman–Crippen MR) is 170 cm³/mol. The van der Waals surface area contributed by atoms with Crippen LogP contribution in [0.1, 0.15) is 66.3 Å². The second-order valence-corrected chi connectivity index (χ2v) is 9.28. The fraction of sp³-hybridized carbons (Fsp3) is 0.294. The summed E-state index contributed by atoms with van der Waals surface area (Å²) in [6, 6.07) is 18.1. The van der Waals surface area contributed by atoms with E-state index in [0.717, 1.165) is 50.6 Å². The molecule has 0 N–H and O–H groups in total. The van der Waals surface area contributed by atoms with E-state index in [-0.39, 0.29) is 0 Å². The van der Waals surface area contributed by atoms with E-state index in [9.17, 15) is 0 Å². The average Bonchev–Trinajstić information content (AvgIpc) is 3.32. The van der Waals surface area contributed by atoms with Crippen molar-refractivity contribution in [3.05, 3.63) is 101 Å². The first-order chi connectivity index (χ1) is 18.9. The molecule has 0 fully saturated rings. The molecule has 5 heteroatoms. The number of halogens is 1. The monoisotopic (exact) mass is 543 g/mol. The van der Waals surface area contributed by atoms with Gasteiger partial charge in [-0.1, -0.05) is 118 Å². The van der Waals surface area contributed by atoms with Gasteiger partial charge in [-0.25, -0.2) is 9.50 Å². The molecule has 0 aliphatic carbocycles. The van der Waals surface area contributed by atoms with E-state index < -0.39 is 0 Å². The molecule has 4 aromatic rings. The Labute approximate surface area is 239 Å². The molecule has 0 bridgehead atoms. The molecular formula is C34H42ClN3O. The van der Waals surface area contributed by atoms with E-state index in [1.807, 2.05) is 92.9 Å². The molecule has 206 valence electrons. The Hall–Kier alpha value is -3.63. The Bertz CT molecular complexity index is 1430. The molecule has 0 radical (unpaired) electrons. The number of nitrogens with zero attached hydrogens (tertiary/aromatic N) is 3. The third-order valence-corrected chi connectivity index (χ3v) is 6.03. The predicted octanol–water partition coefficient (Wildman–Crippen LogP) is 10.4. The SMILES string of the molecule is C/C=C\C=C/C(=C(C)C)c1nn2c(C)c(-c3ccc(OC)cc3)c(Cl)nc2c1-c1ccccc1.CC.CCC. The molecule has 2 aromatic carbocycles. The zero-order valence-electron chi connectivity index (χ0n) is 24.8. The number of allylic oxidation sites excluding steroid dienone is 6. The summed E-state index contributed by atoms with van der Waals surface area (Å²) >= 11 is 6.81. The van der Waals surface area contributed by atoms with Gasteiger partial charge in [0.05, 0.1) is 18.4 Å². The molecule has 0 saturated carbocycles. The molecule has 2 aromatic heterocycles. The number of aromatic nitrogens is 3. The Morgan fingerprint density at radius 3 is 2.05 bits per heavy atom. The van der Waals surface area contributed by atoms with Crippen LogP contribution in [0, 0.1) is 6.92 Å². The van der Waals surface area contributed by atoms with E-state index in [2.05, 4.69) is 45.9 Å². The molecule has 2 heterocycles. The van der Waals surface area contributed by atoms with Gasteiger partial charge >= 0.3 is 0 Å². The first-order valence-corrected chi connectivity index (χ1v) is 14.0. The van der Waals surface area contributed by atoms with Crippen LogP contribution >= 0.6 is 11.6 Å². The summed E-state index contributed by atoms with van der Waals surface area (Å²) < 4.78 is 7.22. The molecule has 0 atom stereocenters. The van der Waals surface area contributed by atoms with Gasteiger partial charge in [0.25, 0.3) is 0 Å². The third kappa shape index (κ3) is 7.48. The maximum atomic E-state index is 6.81. The van der Waals surface area contributed by atoms with Crippen molar-refractivity contribution in [3.63, 3.8) is 0 Å². The summed E-state index contributed by atoms with van der Waals surface area (Å²) in [6.07, 6.45) is 9.42. The van der Waals surface area contributed by atoms with Crippen LogP contribution in [0.2, 0.25) is 5.15 Å². The van der Waals surface area contributed by atoms with Crippen molar-refractivity contribution in [1.82, 2.24) is 14.6 Å². The molecule has 0 aliphatic heterocycles. The highest BCUT2D eigenvalue weighted by atomic mass is 35.5. The van der Waals surface area contributed by atoms with Crippen LogP contribution in [-0.4, -0.2) is 21.7 Å². The van der Waals surface area contributed by atoms with Gasteiger partial charge in [0.15, 0.2) is 5.65 Å². The van der Waals surface area contributed by atoms with Gasteiger partial charge in [-0.2, -0.15) is 5.10 Å². The lowest BCUT2D eigenvalue weighted by Gasteiger charge is -2.11. The standard InChI is InChI=1S/C29H28ClN3O.C3H8.C2H6/c1-6-7-9-14-24(19(2)3)27-26(21-12-10-8-11-13-21)29-31-28(30)25(20(4)33(29)32-27)22-15-17-23(34-5)18-16-22;1-3-2;1-2/h6-18H,1-5H3;3H2,1-2H3;1-2H3/b7-6-,14-9-;;. The number of benzene rings is 2. The van der Waals surface area contributed by atoms with Crippen LogP contribution in [0.3, 0.4) is 0 Å². The van der Waals surface area contributed by atoms with Gasteiger partial charge in [-0.3, -0.25) is 0 Å². The summed E-state index contributed by atoms with van der Waals surface area (Å²) in [5, 5.41) is 5.53. The summed E-state index contributed by atoms with van der Waals surface area (Å²) in [6.45, 7) is 16.5. The fourth-order valence-electron chi connectivity index (χ4n) is 4.04. The lowest BCUT2D eigenvalue weighted by atomic mass is 9.98. The highest BCUT2D eigenvalue weighted by Crippen LogP contribution is 2.38. The van der Waals surface area contributed by atoms with Gasteiger partial charge < -0.3 is 4.74 Å². The van der Waals surface area contributed by atoms with E-state index in [1.165, 1.54) is 12.0 Å². The van der Waals surface area contributed by atoms with Crippen LogP contribution in [0.4, 0.5) is 0 Å². The smallest absolute Gasteiger partial charge is 0.165 e. The van der Waals surface area contributed by atoms with Crippen molar-refractivity contribution < 1.29 is 4.74 Å². The quantitative estimate of drug-likeness (QED) is 0.179. The average molecular weight is 544 g/mol. The van der Waals surface area contributed by atoms with Crippen molar-refractivity contribution in [3.8, 4) is 28.0 Å². The molecule has 0 saturated heterocycles. The molecular weight excluding hydrogens is 502 g/mol. The Morgan fingerprint density at radius 2 is 1.51 bits per heavy atom. The van der Waals surface area contributed by atoms with E-state index in [1.54, 1.807) is 7.11 Å². The van der Waals surface area contributed by atoms with Gasteiger partial charge in [-0.15, -0.1) is 0 Å². The first-order valence-electron chi connectivity index (χ1n) is 13.6. The number of ether oxygens (including phenoxy) is 1. The van der Waals surface area contributed by atoms with Gasteiger partial charge in [0.1, 0.15) is 16.6 Å². The lowest BCUT2D eigenvalue weighted by Crippen LogP contribution is -2.01. The fourth-order valence-corrected chi connectivity index (χ4v) is 4.37. The van der Waals surface area contributed by atoms with Crippen LogP contribution in [0.25, 0.3) is 33.5 Å². The second-order valence-electron chi connectivity index (χ2n) is 8.92. The number of hydrogen-bond donors (Lipinski definition) is 0. The van der Waals surface area contributed by atoms with Crippen LogP contribution < -0.4 is 4.74 Å². The van der Waals surface area contributed by atoms with E-state index in [4.69, 9.17) is 26.4 Å². The normalized spacial score (nSPS) is 10.7. The maximum absolute atomic E-state index is 6.81. The van der Waals surface area contributed by atoms with Crippen LogP contribution in [0.5, 0.6) is 5.75 Å². The minimum atomic E-state index is 0.446. The Kier molecular flexibility index (Phi) is 12.7. The van der Waals surface area contributed by atoms with Crippen LogP contribution in [0.15, 0.2) is 84.5 Å². The maximum Gasteiger partial charge on any atom is 0.165 e.